The number of urea groups is 1. The predicted octanol–water partition coefficient (Wildman–Crippen LogP) is 0.195. The van der Waals surface area contributed by atoms with Crippen molar-refractivity contribution in [3.05, 3.63) is 29.6 Å². The molecule has 1 aromatic carbocycles. The summed E-state index contributed by atoms with van der Waals surface area (Å²) < 4.78 is 37.4. The van der Waals surface area contributed by atoms with Gasteiger partial charge in [-0.15, -0.1) is 0 Å². The first kappa shape index (κ1) is 16.9. The summed E-state index contributed by atoms with van der Waals surface area (Å²) in [6, 6.07) is 1.98. The van der Waals surface area contributed by atoms with Gasteiger partial charge in [-0.1, -0.05) is 0 Å². The number of halogens is 1. The number of carboxylic acids is 1. The van der Waals surface area contributed by atoms with Gasteiger partial charge in [0.1, 0.15) is 5.82 Å². The van der Waals surface area contributed by atoms with Gasteiger partial charge < -0.3 is 15.7 Å². The van der Waals surface area contributed by atoms with Crippen LogP contribution in [0.15, 0.2) is 18.2 Å². The summed E-state index contributed by atoms with van der Waals surface area (Å²) in [4.78, 5) is 22.4. The van der Waals surface area contributed by atoms with Gasteiger partial charge in [-0.25, -0.2) is 27.1 Å². The van der Waals surface area contributed by atoms with Crippen LogP contribution in [0.4, 0.5) is 14.9 Å². The standard InChI is InChI=1S/C11H14FN3O5S/c1-13-21(19,20)5-4-14-11(18)15-9-6-7(12)2-3-8(9)10(16)17/h2-3,6,13H,4-5H2,1H3,(H,16,17)(H2,14,15,18). The maximum Gasteiger partial charge on any atom is 0.337 e. The van der Waals surface area contributed by atoms with Crippen LogP contribution in [0.1, 0.15) is 10.4 Å². The van der Waals surface area contributed by atoms with Crippen molar-refractivity contribution in [2.75, 3.05) is 24.7 Å². The number of aromatic carboxylic acids is 1. The number of nitrogens with one attached hydrogen (secondary N) is 3. The number of anilines is 1. The van der Waals surface area contributed by atoms with E-state index in [1.54, 1.807) is 0 Å². The molecule has 10 heteroatoms. The summed E-state index contributed by atoms with van der Waals surface area (Å²) in [5.41, 5.74) is -0.508. The number of carbonyl (C=O) groups is 2. The third-order valence-electron chi connectivity index (χ3n) is 2.43. The van der Waals surface area contributed by atoms with Gasteiger partial charge in [-0.2, -0.15) is 0 Å². The van der Waals surface area contributed by atoms with E-state index in [1.807, 2.05) is 0 Å². The average molecular weight is 319 g/mol. The number of hydrogen-bond acceptors (Lipinski definition) is 4. The van der Waals surface area contributed by atoms with E-state index < -0.39 is 27.8 Å². The maximum atomic E-state index is 13.1. The Morgan fingerprint density at radius 3 is 2.57 bits per heavy atom. The van der Waals surface area contributed by atoms with Crippen molar-refractivity contribution < 1.29 is 27.5 Å². The number of rotatable bonds is 6. The zero-order chi connectivity index (χ0) is 16.0. The van der Waals surface area contributed by atoms with Crippen LogP contribution in [-0.2, 0) is 10.0 Å². The lowest BCUT2D eigenvalue weighted by Gasteiger charge is -2.10. The van der Waals surface area contributed by atoms with Gasteiger partial charge in [0.15, 0.2) is 0 Å². The summed E-state index contributed by atoms with van der Waals surface area (Å²) in [7, 11) is -2.23. The molecule has 0 aliphatic heterocycles. The molecule has 0 unspecified atom stereocenters. The molecule has 0 bridgehead atoms. The normalized spacial score (nSPS) is 11.0. The van der Waals surface area contributed by atoms with E-state index in [9.17, 15) is 22.4 Å². The molecule has 0 atom stereocenters. The highest BCUT2D eigenvalue weighted by Gasteiger charge is 2.14. The maximum absolute atomic E-state index is 13.1. The Labute approximate surface area is 120 Å². The fourth-order valence-corrected chi connectivity index (χ4v) is 1.95. The van der Waals surface area contributed by atoms with Crippen molar-refractivity contribution in [3.8, 4) is 0 Å². The van der Waals surface area contributed by atoms with Crippen molar-refractivity contribution in [2.45, 2.75) is 0 Å². The molecule has 21 heavy (non-hydrogen) atoms. The molecule has 0 spiro atoms. The van der Waals surface area contributed by atoms with Crippen LogP contribution in [0.5, 0.6) is 0 Å². The zero-order valence-electron chi connectivity index (χ0n) is 11.0. The van der Waals surface area contributed by atoms with Crippen LogP contribution < -0.4 is 15.4 Å². The summed E-state index contributed by atoms with van der Waals surface area (Å²) >= 11 is 0. The molecular formula is C11H14FN3O5S. The minimum absolute atomic E-state index is 0.188. The largest absolute Gasteiger partial charge is 0.478 e. The second-order valence-electron chi connectivity index (χ2n) is 3.90. The van der Waals surface area contributed by atoms with Crippen LogP contribution in [0.2, 0.25) is 0 Å². The first-order chi connectivity index (χ1) is 9.75. The van der Waals surface area contributed by atoms with E-state index in [1.165, 1.54) is 7.05 Å². The van der Waals surface area contributed by atoms with Crippen LogP contribution in [0.3, 0.4) is 0 Å². The Morgan fingerprint density at radius 2 is 2.00 bits per heavy atom. The Balaban J connectivity index is 2.67. The minimum atomic E-state index is -3.46. The van der Waals surface area contributed by atoms with Gasteiger partial charge in [0.2, 0.25) is 10.0 Å². The Hall–Kier alpha value is -2.20. The first-order valence-electron chi connectivity index (χ1n) is 5.74. The van der Waals surface area contributed by atoms with E-state index in [0.717, 1.165) is 18.2 Å². The predicted molar refractivity (Wildman–Crippen MR) is 73.2 cm³/mol. The lowest BCUT2D eigenvalue weighted by atomic mass is 10.2. The van der Waals surface area contributed by atoms with E-state index in [2.05, 4.69) is 15.4 Å². The van der Waals surface area contributed by atoms with E-state index in [0.29, 0.717) is 0 Å². The van der Waals surface area contributed by atoms with E-state index >= 15 is 0 Å². The molecule has 0 saturated heterocycles. The molecule has 0 aromatic heterocycles. The molecule has 8 nitrogen and oxygen atoms in total. The van der Waals surface area contributed by atoms with Crippen molar-refractivity contribution in [1.82, 2.24) is 10.0 Å². The molecule has 2 amide bonds. The molecular weight excluding hydrogens is 305 g/mol. The number of carboxylic acid groups (broad SMARTS) is 1. The highest BCUT2D eigenvalue weighted by Crippen LogP contribution is 2.17. The lowest BCUT2D eigenvalue weighted by molar-refractivity contribution is 0.0698. The Kier molecular flexibility index (Phi) is 5.61. The second-order valence-corrected chi connectivity index (χ2v) is 5.94. The highest BCUT2D eigenvalue weighted by atomic mass is 32.2. The van der Waals surface area contributed by atoms with Crippen molar-refractivity contribution in [2.24, 2.45) is 0 Å². The fourth-order valence-electron chi connectivity index (χ4n) is 1.37. The van der Waals surface area contributed by atoms with Gasteiger partial charge in [0, 0.05) is 6.54 Å². The van der Waals surface area contributed by atoms with Crippen molar-refractivity contribution >= 4 is 27.7 Å². The topological polar surface area (TPSA) is 125 Å². The number of carbonyl (C=O) groups excluding carboxylic acids is 1. The molecule has 0 aliphatic carbocycles. The van der Waals surface area contributed by atoms with Gasteiger partial charge in [-0.3, -0.25) is 0 Å². The summed E-state index contributed by atoms with van der Waals surface area (Å²) in [5, 5.41) is 13.3. The number of sulfonamides is 1. The second kappa shape index (κ2) is 6.99. The van der Waals surface area contributed by atoms with Gasteiger partial charge in [-0.05, 0) is 25.2 Å². The van der Waals surface area contributed by atoms with E-state index in [-0.39, 0.29) is 23.5 Å². The molecule has 1 rings (SSSR count). The van der Waals surface area contributed by atoms with Crippen molar-refractivity contribution in [1.29, 1.82) is 0 Å². The van der Waals surface area contributed by atoms with Gasteiger partial charge in [0.25, 0.3) is 0 Å². The molecule has 116 valence electrons. The van der Waals surface area contributed by atoms with Gasteiger partial charge in [0.05, 0.1) is 17.0 Å². The first-order valence-corrected chi connectivity index (χ1v) is 7.39. The van der Waals surface area contributed by atoms with Crippen LogP contribution in [0.25, 0.3) is 0 Å². The quantitative estimate of drug-likeness (QED) is 0.596. The summed E-state index contributed by atoms with van der Waals surface area (Å²) in [6.45, 7) is -0.188. The number of hydrogen-bond donors (Lipinski definition) is 4. The van der Waals surface area contributed by atoms with Crippen LogP contribution >= 0.6 is 0 Å². The number of benzene rings is 1. The average Bonchev–Trinajstić information content (AvgIpc) is 2.38. The van der Waals surface area contributed by atoms with Crippen molar-refractivity contribution in [3.63, 3.8) is 0 Å². The molecule has 0 heterocycles. The molecule has 1 aromatic rings. The molecule has 0 saturated carbocycles. The molecule has 4 N–H and O–H groups in total. The van der Waals surface area contributed by atoms with Crippen LogP contribution in [-0.4, -0.2) is 44.9 Å². The SMILES string of the molecule is CNS(=O)(=O)CCNC(=O)Nc1cc(F)ccc1C(=O)O. The third-order valence-corrected chi connectivity index (χ3v) is 3.79. The zero-order valence-corrected chi connectivity index (χ0v) is 11.8. The fraction of sp³-hybridized carbons (Fsp3) is 0.273. The number of amides is 2. The lowest BCUT2D eigenvalue weighted by Crippen LogP contribution is -2.35. The Bertz CT molecular complexity index is 647. The highest BCUT2D eigenvalue weighted by molar-refractivity contribution is 7.89. The van der Waals surface area contributed by atoms with Gasteiger partial charge >= 0.3 is 12.0 Å². The summed E-state index contributed by atoms with van der Waals surface area (Å²) in [5.74, 6) is -2.39. The minimum Gasteiger partial charge on any atom is -0.478 e. The molecule has 0 aliphatic rings. The van der Waals surface area contributed by atoms with E-state index in [4.69, 9.17) is 5.11 Å². The Morgan fingerprint density at radius 1 is 1.33 bits per heavy atom. The summed E-state index contributed by atoms with van der Waals surface area (Å²) in [6.07, 6.45) is 0. The monoisotopic (exact) mass is 319 g/mol. The molecule has 0 radical (unpaired) electrons. The van der Waals surface area contributed by atoms with Crippen LogP contribution in [0, 0.1) is 5.82 Å². The smallest absolute Gasteiger partial charge is 0.337 e. The third kappa shape index (κ3) is 5.36. The molecule has 0 fully saturated rings.